The van der Waals surface area contributed by atoms with Gasteiger partial charge in [-0.2, -0.15) is 4.73 Å². The minimum atomic E-state index is -3.97. The number of ether oxygens (including phenoxy) is 2. The van der Waals surface area contributed by atoms with Gasteiger partial charge in [0.2, 0.25) is 5.65 Å². The van der Waals surface area contributed by atoms with Gasteiger partial charge in [0.1, 0.15) is 31.4 Å². The van der Waals surface area contributed by atoms with Gasteiger partial charge < -0.3 is 29.5 Å². The number of nitrogens with two attached hydrogens (primary N) is 1. The number of benzene rings is 1. The van der Waals surface area contributed by atoms with Gasteiger partial charge in [0.15, 0.2) is 11.3 Å². The smallest absolute Gasteiger partial charge is 0.353 e. The molecule has 0 amide bonds. The highest BCUT2D eigenvalue weighted by Gasteiger charge is 2.20. The highest BCUT2D eigenvalue weighted by molar-refractivity contribution is 7.52. The number of nitrogens with zero attached hydrogens (tertiary/aromatic N) is 4. The largest absolute Gasteiger partial charge is 0.426 e. The molecular formula is C19H24N5O7P. The van der Waals surface area contributed by atoms with Gasteiger partial charge >= 0.3 is 13.6 Å². The van der Waals surface area contributed by atoms with Gasteiger partial charge in [-0.3, -0.25) is 9.36 Å². The number of rotatable bonds is 11. The fourth-order valence-electron chi connectivity index (χ4n) is 2.40. The van der Waals surface area contributed by atoms with Gasteiger partial charge in [0.05, 0.1) is 19.1 Å². The lowest BCUT2D eigenvalue weighted by atomic mass is 10.2. The SMILES string of the molecule is CC(C)C(=O)Oc1ccc(COP(=O)(O)COCCOn2cnc3c(N)ncnc32)cc1. The zero-order chi connectivity index (χ0) is 23.1. The number of esters is 1. The molecule has 3 N–H and O–H groups in total. The second-order valence-electron chi connectivity index (χ2n) is 7.00. The van der Waals surface area contributed by atoms with Crippen molar-refractivity contribution in [2.45, 2.75) is 20.5 Å². The van der Waals surface area contributed by atoms with Gasteiger partial charge in [-0.15, -0.1) is 0 Å². The first kappa shape index (κ1) is 23.6. The van der Waals surface area contributed by atoms with Crippen LogP contribution in [0.1, 0.15) is 19.4 Å². The molecule has 13 heteroatoms. The summed E-state index contributed by atoms with van der Waals surface area (Å²) < 4.78 is 28.9. The van der Waals surface area contributed by atoms with Gasteiger partial charge in [0.25, 0.3) is 0 Å². The molecular weight excluding hydrogens is 441 g/mol. The number of carbonyl (C=O) groups is 1. The zero-order valence-corrected chi connectivity index (χ0v) is 18.5. The van der Waals surface area contributed by atoms with Crippen LogP contribution in [0, 0.1) is 5.92 Å². The monoisotopic (exact) mass is 465 g/mol. The Morgan fingerprint density at radius 3 is 2.66 bits per heavy atom. The van der Waals surface area contributed by atoms with E-state index in [-0.39, 0.29) is 37.5 Å². The molecule has 3 aromatic rings. The van der Waals surface area contributed by atoms with Crippen molar-refractivity contribution in [1.82, 2.24) is 19.7 Å². The number of aromatic nitrogens is 4. The maximum atomic E-state index is 12.1. The van der Waals surface area contributed by atoms with Crippen molar-refractivity contribution >= 4 is 30.5 Å². The van der Waals surface area contributed by atoms with Gasteiger partial charge in [-0.1, -0.05) is 26.0 Å². The second kappa shape index (κ2) is 10.5. The van der Waals surface area contributed by atoms with E-state index in [9.17, 15) is 14.3 Å². The maximum absolute atomic E-state index is 12.1. The molecule has 1 aromatic carbocycles. The fourth-order valence-corrected chi connectivity index (χ4v) is 3.19. The Labute approximate surface area is 183 Å². The molecule has 0 radical (unpaired) electrons. The van der Waals surface area contributed by atoms with E-state index in [0.717, 1.165) is 0 Å². The van der Waals surface area contributed by atoms with E-state index < -0.39 is 13.9 Å². The predicted octanol–water partition coefficient (Wildman–Crippen LogP) is 1.77. The molecule has 1 unspecified atom stereocenters. The first-order chi connectivity index (χ1) is 15.2. The number of fused-ring (bicyclic) bond motifs is 1. The minimum absolute atomic E-state index is 0.0318. The Hall–Kier alpha value is -3.05. The van der Waals surface area contributed by atoms with Crippen molar-refractivity contribution in [2.24, 2.45) is 5.92 Å². The third-order valence-electron chi connectivity index (χ3n) is 4.09. The van der Waals surface area contributed by atoms with Crippen LogP contribution in [0.25, 0.3) is 11.2 Å². The van der Waals surface area contributed by atoms with E-state index >= 15 is 0 Å². The van der Waals surface area contributed by atoms with Crippen LogP contribution in [0.15, 0.2) is 36.9 Å². The van der Waals surface area contributed by atoms with Crippen molar-refractivity contribution in [3.63, 3.8) is 0 Å². The molecule has 1 atom stereocenters. The Balaban J connectivity index is 1.38. The van der Waals surface area contributed by atoms with E-state index in [4.69, 9.17) is 24.6 Å². The molecule has 0 saturated carbocycles. The van der Waals surface area contributed by atoms with E-state index in [1.165, 1.54) is 17.4 Å². The van der Waals surface area contributed by atoms with Crippen LogP contribution in [0.3, 0.4) is 0 Å². The van der Waals surface area contributed by atoms with Crippen molar-refractivity contribution in [3.05, 3.63) is 42.5 Å². The molecule has 0 aliphatic rings. The summed E-state index contributed by atoms with van der Waals surface area (Å²) in [5.41, 5.74) is 7.15. The molecule has 12 nitrogen and oxygen atoms in total. The third kappa shape index (κ3) is 6.47. The summed E-state index contributed by atoms with van der Waals surface area (Å²) in [7, 11) is -3.97. The summed E-state index contributed by atoms with van der Waals surface area (Å²) in [6, 6.07) is 6.47. The average molecular weight is 465 g/mol. The highest BCUT2D eigenvalue weighted by atomic mass is 31.2. The third-order valence-corrected chi connectivity index (χ3v) is 5.13. The Bertz CT molecular complexity index is 1100. The molecule has 0 spiro atoms. The number of nitrogen functional groups attached to an aromatic ring is 1. The van der Waals surface area contributed by atoms with E-state index in [1.807, 2.05) is 0 Å². The van der Waals surface area contributed by atoms with Crippen LogP contribution in [0.2, 0.25) is 0 Å². The maximum Gasteiger partial charge on any atom is 0.353 e. The number of hydrogen-bond acceptors (Lipinski definition) is 10. The lowest BCUT2D eigenvalue weighted by Crippen LogP contribution is -2.17. The summed E-state index contributed by atoms with van der Waals surface area (Å²) in [5.74, 6) is 0.0466. The number of imidazole rings is 1. The van der Waals surface area contributed by atoms with Gasteiger partial charge in [-0.25, -0.2) is 15.0 Å². The number of anilines is 1. The molecule has 0 bridgehead atoms. The normalized spacial score (nSPS) is 13.2. The van der Waals surface area contributed by atoms with Crippen molar-refractivity contribution in [2.75, 3.05) is 25.3 Å². The summed E-state index contributed by atoms with van der Waals surface area (Å²) >= 11 is 0. The van der Waals surface area contributed by atoms with Crippen LogP contribution < -0.4 is 15.3 Å². The molecule has 32 heavy (non-hydrogen) atoms. The molecule has 172 valence electrons. The summed E-state index contributed by atoms with van der Waals surface area (Å²) in [5, 5.41) is 0. The lowest BCUT2D eigenvalue weighted by Gasteiger charge is -2.13. The van der Waals surface area contributed by atoms with Crippen LogP contribution in [-0.2, 0) is 25.2 Å². The molecule has 0 aliphatic heterocycles. The highest BCUT2D eigenvalue weighted by Crippen LogP contribution is 2.42. The average Bonchev–Trinajstić information content (AvgIpc) is 3.17. The van der Waals surface area contributed by atoms with E-state index in [1.54, 1.807) is 38.1 Å². The van der Waals surface area contributed by atoms with Crippen LogP contribution >= 0.6 is 7.60 Å². The molecule has 2 heterocycles. The Morgan fingerprint density at radius 2 is 1.94 bits per heavy atom. The molecule has 2 aromatic heterocycles. The summed E-state index contributed by atoms with van der Waals surface area (Å²) in [4.78, 5) is 38.9. The van der Waals surface area contributed by atoms with E-state index in [0.29, 0.717) is 22.5 Å². The van der Waals surface area contributed by atoms with Gasteiger partial charge in [0, 0.05) is 0 Å². The Morgan fingerprint density at radius 1 is 1.19 bits per heavy atom. The Kier molecular flexibility index (Phi) is 7.75. The molecule has 0 fully saturated rings. The number of carbonyl (C=O) groups excluding carboxylic acids is 1. The second-order valence-corrected chi connectivity index (χ2v) is 8.79. The first-order valence-corrected chi connectivity index (χ1v) is 11.4. The topological polar surface area (TPSA) is 161 Å². The van der Waals surface area contributed by atoms with Crippen molar-refractivity contribution in [3.8, 4) is 5.75 Å². The summed E-state index contributed by atoms with van der Waals surface area (Å²) in [6.45, 7) is 3.48. The molecule has 3 rings (SSSR count). The summed E-state index contributed by atoms with van der Waals surface area (Å²) in [6.07, 6.45) is 2.19. The number of hydrogen-bond donors (Lipinski definition) is 2. The predicted molar refractivity (Wildman–Crippen MR) is 114 cm³/mol. The van der Waals surface area contributed by atoms with Gasteiger partial charge in [-0.05, 0) is 17.7 Å². The van der Waals surface area contributed by atoms with Crippen molar-refractivity contribution in [1.29, 1.82) is 0 Å². The quantitative estimate of drug-likeness (QED) is 0.184. The molecule has 0 saturated heterocycles. The first-order valence-electron chi connectivity index (χ1n) is 9.67. The lowest BCUT2D eigenvalue weighted by molar-refractivity contribution is -0.137. The minimum Gasteiger partial charge on any atom is -0.426 e. The standard InChI is InChI=1S/C19H24N5O7P/c1-13(2)19(25)31-15-5-3-14(4-6-15)9-30-32(26,27)12-28-7-8-29-24-11-23-16-17(20)21-10-22-18(16)24/h3-6,10-11,13H,7-9,12H2,1-2H3,(H,26,27)(H2,20,21,22). The van der Waals surface area contributed by atoms with E-state index in [2.05, 4.69) is 15.0 Å². The van der Waals surface area contributed by atoms with Crippen LogP contribution in [-0.4, -0.2) is 50.1 Å². The van der Waals surface area contributed by atoms with Crippen LogP contribution in [0.4, 0.5) is 5.82 Å². The van der Waals surface area contributed by atoms with Crippen molar-refractivity contribution < 1.29 is 33.1 Å². The fraction of sp³-hybridized carbons (Fsp3) is 0.368. The zero-order valence-electron chi connectivity index (χ0n) is 17.6. The molecule has 0 aliphatic carbocycles. The van der Waals surface area contributed by atoms with Crippen LogP contribution in [0.5, 0.6) is 5.75 Å².